The van der Waals surface area contributed by atoms with E-state index in [9.17, 15) is 23.1 Å². The molecule has 0 aliphatic heterocycles. The molecule has 9 nitrogen and oxygen atoms in total. The lowest BCUT2D eigenvalue weighted by molar-refractivity contribution is -0.137. The van der Waals surface area contributed by atoms with Gasteiger partial charge in [0.15, 0.2) is 0 Å². The van der Waals surface area contributed by atoms with Gasteiger partial charge in [-0.25, -0.2) is 17.9 Å². The molecule has 0 spiro atoms. The summed E-state index contributed by atoms with van der Waals surface area (Å²) in [6, 6.07) is 20.8. The van der Waals surface area contributed by atoms with Crippen LogP contribution >= 0.6 is 0 Å². The van der Waals surface area contributed by atoms with Gasteiger partial charge < -0.3 is 20.5 Å². The van der Waals surface area contributed by atoms with Gasteiger partial charge in [-0.05, 0) is 54.3 Å². The number of carboxylic acids is 1. The number of amides is 2. The minimum atomic E-state index is -3.98. The SMILES string of the molecule is CCOCCCNC(=O)Nc1cccc(-c2ccc(S(=O)(=O)NC(CC(=O)O)c3ccccc3)cc2)c1.[HH].[HH].[HH]. The van der Waals surface area contributed by atoms with E-state index in [4.69, 9.17) is 4.74 Å². The molecule has 0 fully saturated rings. The van der Waals surface area contributed by atoms with Gasteiger partial charge in [-0.1, -0.05) is 54.6 Å². The lowest BCUT2D eigenvalue weighted by Crippen LogP contribution is -2.30. The Labute approximate surface area is 221 Å². The Kier molecular flexibility index (Phi) is 10.2. The number of aliphatic carboxylic acids is 1. The number of hydrogen-bond acceptors (Lipinski definition) is 5. The topological polar surface area (TPSA) is 134 Å². The second-order valence-electron chi connectivity index (χ2n) is 8.22. The maximum atomic E-state index is 13.0. The first kappa shape index (κ1) is 27.9. The van der Waals surface area contributed by atoms with E-state index >= 15 is 0 Å². The average molecular weight is 532 g/mol. The van der Waals surface area contributed by atoms with Crippen LogP contribution in [-0.4, -0.2) is 45.3 Å². The van der Waals surface area contributed by atoms with Crippen LogP contribution in [0, 0.1) is 0 Å². The first-order chi connectivity index (χ1) is 17.8. The first-order valence-electron chi connectivity index (χ1n) is 11.9. The molecule has 0 saturated carbocycles. The third kappa shape index (κ3) is 8.71. The van der Waals surface area contributed by atoms with Crippen LogP contribution in [0.4, 0.5) is 10.5 Å². The van der Waals surface area contributed by atoms with Crippen LogP contribution in [0.15, 0.2) is 83.8 Å². The number of hydrogen-bond donors (Lipinski definition) is 4. The summed E-state index contributed by atoms with van der Waals surface area (Å²) >= 11 is 0. The molecule has 0 aliphatic rings. The summed E-state index contributed by atoms with van der Waals surface area (Å²) in [6.45, 7) is 3.63. The Morgan fingerprint density at radius 3 is 2.38 bits per heavy atom. The molecule has 0 aromatic heterocycles. The number of carbonyl (C=O) groups excluding carboxylic acids is 1. The summed E-state index contributed by atoms with van der Waals surface area (Å²) in [6.07, 6.45) is 0.328. The second-order valence-corrected chi connectivity index (χ2v) is 9.93. The molecule has 1 atom stereocenters. The number of benzene rings is 3. The summed E-state index contributed by atoms with van der Waals surface area (Å²) in [4.78, 5) is 23.5. The highest BCUT2D eigenvalue weighted by atomic mass is 32.2. The van der Waals surface area contributed by atoms with Crippen molar-refractivity contribution in [1.82, 2.24) is 10.0 Å². The van der Waals surface area contributed by atoms with Gasteiger partial charge in [0.25, 0.3) is 0 Å². The monoisotopic (exact) mass is 531 g/mol. The van der Waals surface area contributed by atoms with Crippen molar-refractivity contribution < 1.29 is 32.1 Å². The quantitative estimate of drug-likeness (QED) is 0.226. The molecule has 3 aromatic carbocycles. The van der Waals surface area contributed by atoms with Crippen molar-refractivity contribution >= 4 is 27.7 Å². The number of nitrogens with one attached hydrogen (secondary N) is 3. The number of urea groups is 1. The molecule has 0 bridgehead atoms. The van der Waals surface area contributed by atoms with Gasteiger partial charge >= 0.3 is 12.0 Å². The zero-order chi connectivity index (χ0) is 26.7. The van der Waals surface area contributed by atoms with E-state index in [1.165, 1.54) is 12.1 Å². The number of rotatable bonds is 13. The largest absolute Gasteiger partial charge is 0.481 e. The number of sulfonamides is 1. The molecule has 0 aliphatic carbocycles. The minimum Gasteiger partial charge on any atom is -0.481 e. The predicted molar refractivity (Wildman–Crippen MR) is 148 cm³/mol. The fourth-order valence-electron chi connectivity index (χ4n) is 3.64. The molecule has 3 rings (SSSR count). The Morgan fingerprint density at radius 1 is 0.973 bits per heavy atom. The molecule has 0 radical (unpaired) electrons. The normalized spacial score (nSPS) is 12.0. The van der Waals surface area contributed by atoms with Crippen molar-refractivity contribution in [2.45, 2.75) is 30.7 Å². The number of ether oxygens (including phenoxy) is 1. The number of carboxylic acid groups (broad SMARTS) is 1. The highest BCUT2D eigenvalue weighted by molar-refractivity contribution is 7.89. The summed E-state index contributed by atoms with van der Waals surface area (Å²) in [5.74, 6) is -1.11. The molecule has 0 saturated heterocycles. The van der Waals surface area contributed by atoms with Crippen molar-refractivity contribution in [2.75, 3.05) is 25.1 Å². The van der Waals surface area contributed by atoms with Gasteiger partial charge in [0.05, 0.1) is 17.4 Å². The van der Waals surface area contributed by atoms with Crippen molar-refractivity contribution in [3.63, 3.8) is 0 Å². The lowest BCUT2D eigenvalue weighted by Gasteiger charge is -2.18. The molecule has 1 unspecified atom stereocenters. The van der Waals surface area contributed by atoms with Gasteiger partial charge in [0, 0.05) is 29.7 Å². The van der Waals surface area contributed by atoms with Gasteiger partial charge in [-0.3, -0.25) is 4.79 Å². The van der Waals surface area contributed by atoms with Crippen LogP contribution in [0.3, 0.4) is 0 Å². The minimum absolute atomic E-state index is 0. The average Bonchev–Trinajstić information content (AvgIpc) is 2.88. The molecule has 2 amide bonds. The zero-order valence-corrected chi connectivity index (χ0v) is 21.3. The van der Waals surface area contributed by atoms with Crippen LogP contribution in [0.5, 0.6) is 0 Å². The highest BCUT2D eigenvalue weighted by Crippen LogP contribution is 2.25. The van der Waals surface area contributed by atoms with Crippen molar-refractivity contribution in [3.05, 3.63) is 84.4 Å². The molecular formula is C27H37N3O6S. The van der Waals surface area contributed by atoms with Crippen molar-refractivity contribution in [1.29, 1.82) is 0 Å². The van der Waals surface area contributed by atoms with Crippen LogP contribution < -0.4 is 15.4 Å². The fraction of sp³-hybridized carbons (Fsp3) is 0.259. The molecule has 0 heterocycles. The van der Waals surface area contributed by atoms with E-state index in [0.29, 0.717) is 37.4 Å². The smallest absolute Gasteiger partial charge is 0.319 e. The van der Waals surface area contributed by atoms with E-state index in [1.54, 1.807) is 60.7 Å². The molecule has 10 heteroatoms. The Balaban J connectivity index is 0.00000507. The highest BCUT2D eigenvalue weighted by Gasteiger charge is 2.23. The predicted octanol–water partition coefficient (Wildman–Crippen LogP) is 5.13. The standard InChI is InChI=1S/C27H31N3O6S.3H2/c1-2-36-17-7-16-28-27(33)29-23-11-6-10-22(18-23)20-12-14-24(15-13-20)37(34,35)30-25(19-26(31)32)21-8-4-3-5-9-21;;;/h3-6,8-15,18,25,30H,2,7,16-17,19H2,1H3,(H,31,32)(H2,28,29,33);3*1H. The third-order valence-corrected chi connectivity index (χ3v) is 6.94. The van der Waals surface area contributed by atoms with Crippen LogP contribution in [0.1, 0.15) is 35.7 Å². The van der Waals surface area contributed by atoms with E-state index in [2.05, 4.69) is 15.4 Å². The summed E-state index contributed by atoms with van der Waals surface area (Å²) in [5, 5.41) is 14.8. The Hall–Kier alpha value is -3.73. The van der Waals surface area contributed by atoms with Crippen molar-refractivity contribution in [3.8, 4) is 11.1 Å². The third-order valence-electron chi connectivity index (χ3n) is 5.45. The van der Waals surface area contributed by atoms with Crippen LogP contribution in [0.25, 0.3) is 11.1 Å². The molecule has 3 aromatic rings. The second kappa shape index (κ2) is 13.5. The van der Waals surface area contributed by atoms with E-state index in [1.807, 2.05) is 13.0 Å². The summed E-state index contributed by atoms with van der Waals surface area (Å²) < 4.78 is 33.7. The Bertz CT molecular complexity index is 1300. The summed E-state index contributed by atoms with van der Waals surface area (Å²) in [5.41, 5.74) is 2.70. The van der Waals surface area contributed by atoms with Crippen LogP contribution in [-0.2, 0) is 19.6 Å². The lowest BCUT2D eigenvalue weighted by atomic mass is 10.1. The Morgan fingerprint density at radius 2 is 1.70 bits per heavy atom. The maximum Gasteiger partial charge on any atom is 0.319 e. The van der Waals surface area contributed by atoms with Crippen LogP contribution in [0.2, 0.25) is 0 Å². The maximum absolute atomic E-state index is 13.0. The van der Waals surface area contributed by atoms with E-state index in [0.717, 1.165) is 11.1 Å². The van der Waals surface area contributed by atoms with Gasteiger partial charge in [-0.15, -0.1) is 0 Å². The number of carbonyl (C=O) groups is 2. The van der Waals surface area contributed by atoms with E-state index in [-0.39, 0.29) is 21.6 Å². The number of anilines is 1. The molecule has 4 N–H and O–H groups in total. The summed E-state index contributed by atoms with van der Waals surface area (Å²) in [7, 11) is -3.98. The van der Waals surface area contributed by atoms with Crippen molar-refractivity contribution in [2.24, 2.45) is 0 Å². The molecular weight excluding hydrogens is 494 g/mol. The first-order valence-corrected chi connectivity index (χ1v) is 13.4. The van der Waals surface area contributed by atoms with Gasteiger partial charge in [0.1, 0.15) is 0 Å². The van der Waals surface area contributed by atoms with E-state index < -0.39 is 22.0 Å². The zero-order valence-electron chi connectivity index (χ0n) is 20.5. The fourth-order valence-corrected chi connectivity index (χ4v) is 4.87. The molecule has 37 heavy (non-hydrogen) atoms. The van der Waals surface area contributed by atoms with Gasteiger partial charge in [0.2, 0.25) is 10.0 Å². The molecule has 202 valence electrons. The van der Waals surface area contributed by atoms with Gasteiger partial charge in [-0.2, -0.15) is 0 Å².